The first-order chi connectivity index (χ1) is 8.94. The first-order valence-corrected chi connectivity index (χ1v) is 6.94. The van der Waals surface area contributed by atoms with E-state index in [1.165, 1.54) is 0 Å². The van der Waals surface area contributed by atoms with Crippen LogP contribution in [0.1, 0.15) is 52.2 Å². The van der Waals surface area contributed by atoms with Gasteiger partial charge < -0.3 is 10.1 Å². The number of amides is 1. The average Bonchev–Trinajstić information content (AvgIpc) is 2.36. The number of carbonyl (C=O) groups is 1. The monoisotopic (exact) mass is 263 g/mol. The molecule has 1 aromatic rings. The molecule has 0 fully saturated rings. The third-order valence-corrected chi connectivity index (χ3v) is 2.64. The minimum Gasteiger partial charge on any atom is -0.358 e. The van der Waals surface area contributed by atoms with Gasteiger partial charge in [0.25, 0.3) is 5.91 Å². The van der Waals surface area contributed by atoms with Crippen molar-refractivity contribution in [1.82, 2.24) is 5.32 Å². The summed E-state index contributed by atoms with van der Waals surface area (Å²) < 4.78 is 5.90. The van der Waals surface area contributed by atoms with Gasteiger partial charge in [0.2, 0.25) is 0 Å². The lowest BCUT2D eigenvalue weighted by atomic mass is 10.1. The minimum absolute atomic E-state index is 0.0606. The van der Waals surface area contributed by atoms with Crippen LogP contribution in [0.4, 0.5) is 0 Å². The Kier molecular flexibility index (Phi) is 6.03. The fourth-order valence-corrected chi connectivity index (χ4v) is 1.74. The molecule has 0 saturated heterocycles. The van der Waals surface area contributed by atoms with Crippen molar-refractivity contribution in [3.05, 3.63) is 35.9 Å². The normalized spacial score (nSPS) is 13.1. The molecule has 0 radical (unpaired) electrons. The summed E-state index contributed by atoms with van der Waals surface area (Å²) in [6, 6.07) is 9.64. The Morgan fingerprint density at radius 2 is 1.89 bits per heavy atom. The number of rotatable bonds is 6. The maximum Gasteiger partial charge on any atom is 0.253 e. The van der Waals surface area contributed by atoms with Crippen LogP contribution in [0.25, 0.3) is 0 Å². The molecule has 0 bridgehead atoms. The standard InChI is InChI=1S/C16H25NO2/c1-5-6-12-17-15(18)14(19-16(2,3)4)13-10-8-7-9-11-13/h7-11,14H,5-6,12H2,1-4H3,(H,17,18). The van der Waals surface area contributed by atoms with Crippen molar-refractivity contribution in [2.24, 2.45) is 0 Å². The van der Waals surface area contributed by atoms with Crippen LogP contribution >= 0.6 is 0 Å². The predicted octanol–water partition coefficient (Wildman–Crippen LogP) is 3.46. The van der Waals surface area contributed by atoms with Crippen molar-refractivity contribution in [2.45, 2.75) is 52.2 Å². The van der Waals surface area contributed by atoms with Crippen molar-refractivity contribution in [2.75, 3.05) is 6.54 Å². The topological polar surface area (TPSA) is 38.3 Å². The van der Waals surface area contributed by atoms with Crippen molar-refractivity contribution < 1.29 is 9.53 Å². The van der Waals surface area contributed by atoms with E-state index in [1.54, 1.807) is 0 Å². The predicted molar refractivity (Wildman–Crippen MR) is 77.9 cm³/mol. The lowest BCUT2D eigenvalue weighted by Crippen LogP contribution is -2.35. The van der Waals surface area contributed by atoms with Gasteiger partial charge in [0.1, 0.15) is 0 Å². The molecule has 1 atom stereocenters. The van der Waals surface area contributed by atoms with E-state index in [1.807, 2.05) is 51.1 Å². The molecular formula is C16H25NO2. The van der Waals surface area contributed by atoms with Crippen LogP contribution in [-0.2, 0) is 9.53 Å². The molecule has 1 aromatic carbocycles. The van der Waals surface area contributed by atoms with Gasteiger partial charge in [-0.3, -0.25) is 4.79 Å². The lowest BCUT2D eigenvalue weighted by Gasteiger charge is -2.27. The Balaban J connectivity index is 2.78. The fraction of sp³-hybridized carbons (Fsp3) is 0.562. The van der Waals surface area contributed by atoms with E-state index in [9.17, 15) is 4.79 Å². The summed E-state index contributed by atoms with van der Waals surface area (Å²) in [5, 5.41) is 2.94. The Morgan fingerprint density at radius 3 is 2.42 bits per heavy atom. The van der Waals surface area contributed by atoms with Crippen molar-refractivity contribution in [3.63, 3.8) is 0 Å². The average molecular weight is 263 g/mol. The van der Waals surface area contributed by atoms with Crippen molar-refractivity contribution >= 4 is 5.91 Å². The first-order valence-electron chi connectivity index (χ1n) is 6.94. The summed E-state index contributed by atoms with van der Waals surface area (Å²) in [7, 11) is 0. The highest BCUT2D eigenvalue weighted by Crippen LogP contribution is 2.24. The number of hydrogen-bond donors (Lipinski definition) is 1. The molecule has 0 heterocycles. The maximum atomic E-state index is 12.3. The van der Waals surface area contributed by atoms with Gasteiger partial charge in [-0.05, 0) is 32.8 Å². The van der Waals surface area contributed by atoms with Crippen LogP contribution in [0.15, 0.2) is 30.3 Å². The quantitative estimate of drug-likeness (QED) is 0.798. The Bertz CT molecular complexity index is 381. The van der Waals surface area contributed by atoms with E-state index in [0.717, 1.165) is 18.4 Å². The number of carbonyl (C=O) groups excluding carboxylic acids is 1. The van der Waals surface area contributed by atoms with Gasteiger partial charge in [-0.15, -0.1) is 0 Å². The molecule has 0 saturated carbocycles. The van der Waals surface area contributed by atoms with Crippen LogP contribution in [0, 0.1) is 0 Å². The smallest absolute Gasteiger partial charge is 0.253 e. The molecule has 1 amide bonds. The number of nitrogens with one attached hydrogen (secondary N) is 1. The molecular weight excluding hydrogens is 238 g/mol. The molecule has 0 aliphatic carbocycles. The molecule has 0 aromatic heterocycles. The molecule has 0 aliphatic heterocycles. The summed E-state index contributed by atoms with van der Waals surface area (Å²) in [5.74, 6) is -0.0606. The molecule has 0 spiro atoms. The lowest BCUT2D eigenvalue weighted by molar-refractivity contribution is -0.143. The zero-order valence-electron chi connectivity index (χ0n) is 12.4. The van der Waals surface area contributed by atoms with Crippen LogP contribution in [0.5, 0.6) is 0 Å². The molecule has 19 heavy (non-hydrogen) atoms. The number of ether oxygens (including phenoxy) is 1. The highest BCUT2D eigenvalue weighted by Gasteiger charge is 2.26. The van der Waals surface area contributed by atoms with Crippen molar-refractivity contribution in [3.8, 4) is 0 Å². The van der Waals surface area contributed by atoms with Crippen LogP contribution < -0.4 is 5.32 Å². The van der Waals surface area contributed by atoms with E-state index < -0.39 is 6.10 Å². The van der Waals surface area contributed by atoms with Crippen LogP contribution in [0.2, 0.25) is 0 Å². The van der Waals surface area contributed by atoms with Gasteiger partial charge in [0, 0.05) is 6.54 Å². The number of unbranched alkanes of at least 4 members (excludes halogenated alkanes) is 1. The highest BCUT2D eigenvalue weighted by atomic mass is 16.5. The van der Waals surface area contributed by atoms with Crippen LogP contribution in [-0.4, -0.2) is 18.1 Å². The molecule has 1 rings (SSSR count). The fourth-order valence-electron chi connectivity index (χ4n) is 1.74. The second kappa shape index (κ2) is 7.29. The largest absolute Gasteiger partial charge is 0.358 e. The van der Waals surface area contributed by atoms with Gasteiger partial charge >= 0.3 is 0 Å². The Labute approximate surface area is 116 Å². The molecule has 1 N–H and O–H groups in total. The summed E-state index contributed by atoms with van der Waals surface area (Å²) in [4.78, 5) is 12.3. The summed E-state index contributed by atoms with van der Waals surface area (Å²) in [6.45, 7) is 8.69. The van der Waals surface area contributed by atoms with Gasteiger partial charge in [0.05, 0.1) is 5.60 Å². The third-order valence-electron chi connectivity index (χ3n) is 2.64. The number of benzene rings is 1. The molecule has 3 heteroatoms. The molecule has 3 nitrogen and oxygen atoms in total. The molecule has 1 unspecified atom stereocenters. The molecule has 0 aliphatic rings. The number of hydrogen-bond acceptors (Lipinski definition) is 2. The Morgan fingerprint density at radius 1 is 1.26 bits per heavy atom. The first kappa shape index (κ1) is 15.7. The van der Waals surface area contributed by atoms with Gasteiger partial charge in [-0.25, -0.2) is 0 Å². The zero-order valence-corrected chi connectivity index (χ0v) is 12.4. The summed E-state index contributed by atoms with van der Waals surface area (Å²) in [5.41, 5.74) is 0.536. The van der Waals surface area contributed by atoms with E-state index in [4.69, 9.17) is 4.74 Å². The van der Waals surface area contributed by atoms with E-state index >= 15 is 0 Å². The van der Waals surface area contributed by atoms with E-state index in [0.29, 0.717) is 6.54 Å². The SMILES string of the molecule is CCCCNC(=O)C(OC(C)(C)C)c1ccccc1. The minimum atomic E-state index is -0.543. The van der Waals surface area contributed by atoms with E-state index in [2.05, 4.69) is 12.2 Å². The van der Waals surface area contributed by atoms with Crippen LogP contribution in [0.3, 0.4) is 0 Å². The zero-order chi connectivity index (χ0) is 14.3. The highest BCUT2D eigenvalue weighted by molar-refractivity contribution is 5.82. The molecule has 106 valence electrons. The third kappa shape index (κ3) is 5.88. The van der Waals surface area contributed by atoms with E-state index in [-0.39, 0.29) is 11.5 Å². The second-order valence-corrected chi connectivity index (χ2v) is 5.67. The summed E-state index contributed by atoms with van der Waals surface area (Å²) in [6.07, 6.45) is 1.51. The summed E-state index contributed by atoms with van der Waals surface area (Å²) >= 11 is 0. The maximum absolute atomic E-state index is 12.3. The van der Waals surface area contributed by atoms with Gasteiger partial charge in [-0.1, -0.05) is 43.7 Å². The van der Waals surface area contributed by atoms with Crippen molar-refractivity contribution in [1.29, 1.82) is 0 Å². The van der Waals surface area contributed by atoms with Gasteiger partial charge in [0.15, 0.2) is 6.10 Å². The Hall–Kier alpha value is -1.35. The van der Waals surface area contributed by atoms with Gasteiger partial charge in [-0.2, -0.15) is 0 Å². The second-order valence-electron chi connectivity index (χ2n) is 5.67.